The molecule has 8 aromatic carbocycles. The third kappa shape index (κ3) is 6.10. The first-order valence-corrected chi connectivity index (χ1v) is 17.9. The number of ether oxygens (including phenoxy) is 2. The quantitative estimate of drug-likeness (QED) is 0.102. The zero-order valence-corrected chi connectivity index (χ0v) is 31.1. The van der Waals surface area contributed by atoms with Crippen molar-refractivity contribution in [1.29, 1.82) is 0 Å². The predicted molar refractivity (Wildman–Crippen MR) is 218 cm³/mol. The smallest absolute Gasteiger partial charge is 0.343 e. The highest BCUT2D eigenvalue weighted by Gasteiger charge is 2.20. The van der Waals surface area contributed by atoms with Gasteiger partial charge in [-0.2, -0.15) is 0 Å². The second kappa shape index (κ2) is 13.1. The maximum absolute atomic E-state index is 13.3. The summed E-state index contributed by atoms with van der Waals surface area (Å²) >= 11 is 0. The zero-order valence-electron chi connectivity index (χ0n) is 31.1. The molecule has 0 atom stereocenters. The number of rotatable bonds is 5. The van der Waals surface area contributed by atoms with Crippen LogP contribution in [0.4, 0.5) is 0 Å². The Kier molecular flexibility index (Phi) is 8.34. The van der Waals surface area contributed by atoms with Gasteiger partial charge in [-0.05, 0) is 166 Å². The number of benzene rings is 8. The Morgan fingerprint density at radius 2 is 1.00 bits per heavy atom. The van der Waals surface area contributed by atoms with Crippen LogP contribution in [0, 0.1) is 41.5 Å². The number of aryl methyl sites for hydroxylation is 6. The molecule has 0 aliphatic rings. The van der Waals surface area contributed by atoms with Gasteiger partial charge in [-0.15, -0.1) is 0 Å². The van der Waals surface area contributed by atoms with Gasteiger partial charge in [0.1, 0.15) is 5.75 Å². The molecule has 0 amide bonds. The van der Waals surface area contributed by atoms with E-state index in [1.165, 1.54) is 84.4 Å². The van der Waals surface area contributed by atoms with Crippen LogP contribution in [0.15, 0.2) is 115 Å². The lowest BCUT2D eigenvalue weighted by molar-refractivity contribution is 0.0600. The van der Waals surface area contributed by atoms with E-state index in [-0.39, 0.29) is 0 Å². The van der Waals surface area contributed by atoms with Gasteiger partial charge in [0.25, 0.3) is 0 Å². The normalized spacial score (nSPS) is 11.5. The average molecular weight is 693 g/mol. The van der Waals surface area contributed by atoms with Gasteiger partial charge in [0, 0.05) is 0 Å². The largest absolute Gasteiger partial charge is 0.465 e. The Morgan fingerprint density at radius 1 is 0.415 bits per heavy atom. The van der Waals surface area contributed by atoms with E-state index in [0.717, 1.165) is 27.5 Å². The number of carbonyl (C=O) groups excluding carboxylic acids is 2. The Balaban J connectivity index is 1.27. The van der Waals surface area contributed by atoms with Crippen molar-refractivity contribution < 1.29 is 19.1 Å². The molecule has 0 aliphatic carbocycles. The number of hydrogen-bond acceptors (Lipinski definition) is 4. The van der Waals surface area contributed by atoms with E-state index in [9.17, 15) is 9.59 Å². The molecule has 0 unspecified atom stereocenters. The fourth-order valence-corrected chi connectivity index (χ4v) is 7.91. The topological polar surface area (TPSA) is 52.6 Å². The van der Waals surface area contributed by atoms with Gasteiger partial charge in [-0.3, -0.25) is 0 Å². The van der Waals surface area contributed by atoms with Crippen molar-refractivity contribution in [3.05, 3.63) is 160 Å². The molecule has 8 aromatic rings. The molecule has 0 radical (unpaired) electrons. The summed E-state index contributed by atoms with van der Waals surface area (Å²) in [5.41, 5.74) is 12.0. The summed E-state index contributed by atoms with van der Waals surface area (Å²) in [5.74, 6) is -0.554. The van der Waals surface area contributed by atoms with Gasteiger partial charge in [-0.25, -0.2) is 9.59 Å². The highest BCUT2D eigenvalue weighted by Crippen LogP contribution is 2.45. The molecule has 0 fully saturated rings. The van der Waals surface area contributed by atoms with E-state index >= 15 is 0 Å². The van der Waals surface area contributed by atoms with Gasteiger partial charge in [0.2, 0.25) is 0 Å². The number of carbonyl (C=O) groups is 2. The first-order chi connectivity index (χ1) is 25.5. The number of methoxy groups -OCH3 is 1. The van der Waals surface area contributed by atoms with Gasteiger partial charge in [-0.1, -0.05) is 89.5 Å². The van der Waals surface area contributed by atoms with E-state index in [2.05, 4.69) is 119 Å². The molecular weight excluding hydrogens is 653 g/mol. The van der Waals surface area contributed by atoms with Crippen molar-refractivity contribution in [3.63, 3.8) is 0 Å². The fraction of sp³-hybridized carbons (Fsp3) is 0.143. The van der Waals surface area contributed by atoms with Crippen molar-refractivity contribution in [2.24, 2.45) is 0 Å². The average Bonchev–Trinajstić information content (AvgIpc) is 3.13. The van der Waals surface area contributed by atoms with Gasteiger partial charge in [0.15, 0.2) is 0 Å². The number of fused-ring (bicyclic) bond motifs is 4. The van der Waals surface area contributed by atoms with Crippen LogP contribution in [-0.4, -0.2) is 19.0 Å². The summed E-state index contributed by atoms with van der Waals surface area (Å²) in [7, 11) is 1.32. The summed E-state index contributed by atoms with van der Waals surface area (Å²) in [6.07, 6.45) is 0. The second-order valence-corrected chi connectivity index (χ2v) is 14.5. The fourth-order valence-electron chi connectivity index (χ4n) is 7.91. The van der Waals surface area contributed by atoms with Crippen molar-refractivity contribution in [3.8, 4) is 28.0 Å². The van der Waals surface area contributed by atoms with Crippen LogP contribution >= 0.6 is 0 Å². The second-order valence-electron chi connectivity index (χ2n) is 14.5. The molecule has 8 rings (SSSR count). The SMILES string of the molecule is COC(=O)c1cc(C)cc(C(=O)Oc2cc3ccc(-c4c5ccc(C)cc5c(-c5ccc6cc(C)cc(C)c6c5)c5ccc(C)cc45)cc3cc2C)c1. The number of hydrogen-bond donors (Lipinski definition) is 0. The molecule has 0 heterocycles. The molecule has 4 heteroatoms. The van der Waals surface area contributed by atoms with Crippen LogP contribution in [0.1, 0.15) is 54.1 Å². The first kappa shape index (κ1) is 33.9. The lowest BCUT2D eigenvalue weighted by Crippen LogP contribution is -2.11. The van der Waals surface area contributed by atoms with Gasteiger partial charge < -0.3 is 9.47 Å². The van der Waals surface area contributed by atoms with E-state index in [0.29, 0.717) is 16.9 Å². The van der Waals surface area contributed by atoms with Crippen LogP contribution in [0.5, 0.6) is 5.75 Å². The highest BCUT2D eigenvalue weighted by molar-refractivity contribution is 6.22. The summed E-state index contributed by atoms with van der Waals surface area (Å²) in [6, 6.07) is 40.5. The maximum atomic E-state index is 13.3. The van der Waals surface area contributed by atoms with Crippen molar-refractivity contribution in [2.45, 2.75) is 41.5 Å². The Bertz CT molecular complexity index is 2840. The maximum Gasteiger partial charge on any atom is 0.343 e. The molecule has 4 nitrogen and oxygen atoms in total. The van der Waals surface area contributed by atoms with E-state index in [1.54, 1.807) is 12.1 Å². The van der Waals surface area contributed by atoms with Crippen LogP contribution in [0.3, 0.4) is 0 Å². The Morgan fingerprint density at radius 3 is 1.64 bits per heavy atom. The molecule has 0 saturated heterocycles. The molecule has 260 valence electrons. The number of esters is 2. The first-order valence-electron chi connectivity index (χ1n) is 17.9. The Hall–Kier alpha value is -6.26. The lowest BCUT2D eigenvalue weighted by atomic mass is 9.84. The molecule has 0 bridgehead atoms. The van der Waals surface area contributed by atoms with Crippen LogP contribution < -0.4 is 4.74 Å². The molecule has 0 N–H and O–H groups in total. The molecule has 0 aliphatic heterocycles. The highest BCUT2D eigenvalue weighted by atomic mass is 16.5. The minimum absolute atomic E-state index is 0.293. The van der Waals surface area contributed by atoms with Gasteiger partial charge >= 0.3 is 11.9 Å². The summed E-state index contributed by atoms with van der Waals surface area (Å²) in [5, 5.41) is 9.41. The van der Waals surface area contributed by atoms with Gasteiger partial charge in [0.05, 0.1) is 18.2 Å². The third-order valence-corrected chi connectivity index (χ3v) is 10.4. The summed E-state index contributed by atoms with van der Waals surface area (Å²) in [6.45, 7) is 12.5. The van der Waals surface area contributed by atoms with Crippen LogP contribution in [0.25, 0.3) is 65.3 Å². The molecule has 0 saturated carbocycles. The monoisotopic (exact) mass is 692 g/mol. The lowest BCUT2D eigenvalue weighted by Gasteiger charge is -2.20. The van der Waals surface area contributed by atoms with E-state index in [1.807, 2.05) is 19.9 Å². The predicted octanol–water partition coefficient (Wildman–Crippen LogP) is 12.5. The van der Waals surface area contributed by atoms with E-state index < -0.39 is 11.9 Å². The van der Waals surface area contributed by atoms with Crippen molar-refractivity contribution >= 4 is 55.0 Å². The molecular formula is C49H40O4. The van der Waals surface area contributed by atoms with Crippen LogP contribution in [0.2, 0.25) is 0 Å². The summed E-state index contributed by atoms with van der Waals surface area (Å²) in [4.78, 5) is 25.5. The standard InChI is InChI=1S/C49H40O4/c1-27-9-15-41-43(20-27)46(40-14-8-28(2)21-44(40)47(41)36-13-11-34-17-29(3)16-31(5)42(34)25-36)35-12-10-33-26-45(32(6)22-37(33)23-35)53-49(51)39-19-30(4)18-38(24-39)48(50)52-7/h8-26H,1-7H3. The van der Waals surface area contributed by atoms with Crippen molar-refractivity contribution in [2.75, 3.05) is 7.11 Å². The third-order valence-electron chi connectivity index (χ3n) is 10.4. The summed E-state index contributed by atoms with van der Waals surface area (Å²) < 4.78 is 10.8. The molecule has 0 aromatic heterocycles. The minimum Gasteiger partial charge on any atom is -0.465 e. The Labute approximate surface area is 309 Å². The minimum atomic E-state index is -0.529. The van der Waals surface area contributed by atoms with E-state index in [4.69, 9.17) is 9.47 Å². The molecule has 0 spiro atoms. The van der Waals surface area contributed by atoms with Crippen LogP contribution in [-0.2, 0) is 4.74 Å². The van der Waals surface area contributed by atoms with Crippen molar-refractivity contribution in [1.82, 2.24) is 0 Å². The molecule has 53 heavy (non-hydrogen) atoms. The zero-order chi connectivity index (χ0) is 37.1.